The van der Waals surface area contributed by atoms with Crippen LogP contribution in [0.4, 0.5) is 0 Å². The molecule has 0 aliphatic rings. The Morgan fingerprint density at radius 1 is 1.29 bits per heavy atom. The summed E-state index contributed by atoms with van der Waals surface area (Å²) in [5, 5.41) is 0. The standard InChI is InChI=1S/C15H24N2O3.ClH/c1-10(11(2)16)15(18)17(3)9-12-6-7-13(19-4)8-14(12)20-5;/h6-8,10-11H,9,16H2,1-5H3;1H. The monoisotopic (exact) mass is 316 g/mol. The van der Waals surface area contributed by atoms with E-state index < -0.39 is 0 Å². The Kier molecular flexibility index (Phi) is 8.14. The van der Waals surface area contributed by atoms with Crippen molar-refractivity contribution in [3.63, 3.8) is 0 Å². The van der Waals surface area contributed by atoms with Gasteiger partial charge in [-0.25, -0.2) is 0 Å². The highest BCUT2D eigenvalue weighted by Crippen LogP contribution is 2.25. The maximum Gasteiger partial charge on any atom is 0.226 e. The van der Waals surface area contributed by atoms with Crippen LogP contribution in [-0.4, -0.2) is 38.1 Å². The molecule has 2 unspecified atom stereocenters. The maximum absolute atomic E-state index is 12.2. The quantitative estimate of drug-likeness (QED) is 0.872. The fraction of sp³-hybridized carbons (Fsp3) is 0.533. The predicted octanol–water partition coefficient (Wildman–Crippen LogP) is 2.07. The molecule has 1 aromatic carbocycles. The second-order valence-corrected chi connectivity index (χ2v) is 5.02. The molecule has 2 N–H and O–H groups in total. The number of ether oxygens (including phenoxy) is 2. The zero-order chi connectivity index (χ0) is 15.3. The molecule has 0 aliphatic carbocycles. The number of hydrogen-bond acceptors (Lipinski definition) is 4. The van der Waals surface area contributed by atoms with Crippen LogP contribution in [0.1, 0.15) is 19.4 Å². The summed E-state index contributed by atoms with van der Waals surface area (Å²) in [6.45, 7) is 4.15. The summed E-state index contributed by atoms with van der Waals surface area (Å²) in [7, 11) is 4.98. The average Bonchev–Trinajstić information content (AvgIpc) is 2.45. The Morgan fingerprint density at radius 3 is 2.38 bits per heavy atom. The first kappa shape index (κ1) is 19.5. The normalized spacial score (nSPS) is 12.9. The van der Waals surface area contributed by atoms with Gasteiger partial charge in [0.2, 0.25) is 5.91 Å². The molecule has 0 saturated heterocycles. The summed E-state index contributed by atoms with van der Waals surface area (Å²) in [5.74, 6) is 1.25. The largest absolute Gasteiger partial charge is 0.497 e. The molecule has 0 aromatic heterocycles. The molecule has 0 heterocycles. The van der Waals surface area contributed by atoms with Crippen LogP contribution in [0.25, 0.3) is 0 Å². The van der Waals surface area contributed by atoms with Crippen LogP contribution in [0.2, 0.25) is 0 Å². The molecule has 0 aliphatic heterocycles. The fourth-order valence-electron chi connectivity index (χ4n) is 1.89. The molecular formula is C15H25ClN2O3. The number of nitrogens with two attached hydrogens (primary N) is 1. The van der Waals surface area contributed by atoms with Crippen molar-refractivity contribution in [3.8, 4) is 11.5 Å². The van der Waals surface area contributed by atoms with Crippen LogP contribution in [0.5, 0.6) is 11.5 Å². The van der Waals surface area contributed by atoms with Gasteiger partial charge >= 0.3 is 0 Å². The number of carbonyl (C=O) groups is 1. The van der Waals surface area contributed by atoms with Crippen LogP contribution in [-0.2, 0) is 11.3 Å². The Hall–Kier alpha value is -1.46. The van der Waals surface area contributed by atoms with Crippen molar-refractivity contribution in [2.75, 3.05) is 21.3 Å². The lowest BCUT2D eigenvalue weighted by molar-refractivity contribution is -0.134. The van der Waals surface area contributed by atoms with Gasteiger partial charge in [-0.1, -0.05) is 6.92 Å². The Bertz CT molecular complexity index is 466. The average molecular weight is 317 g/mol. The zero-order valence-electron chi connectivity index (χ0n) is 13.3. The van der Waals surface area contributed by atoms with Crippen LogP contribution >= 0.6 is 12.4 Å². The van der Waals surface area contributed by atoms with Gasteiger partial charge < -0.3 is 20.1 Å². The minimum absolute atomic E-state index is 0. The lowest BCUT2D eigenvalue weighted by Gasteiger charge is -2.24. The van der Waals surface area contributed by atoms with Gasteiger partial charge in [-0.3, -0.25) is 4.79 Å². The smallest absolute Gasteiger partial charge is 0.226 e. The Balaban J connectivity index is 0.00000400. The van der Waals surface area contributed by atoms with Crippen molar-refractivity contribution in [2.24, 2.45) is 11.7 Å². The lowest BCUT2D eigenvalue weighted by atomic mass is 10.0. The summed E-state index contributed by atoms with van der Waals surface area (Å²) in [6, 6.07) is 5.40. The highest BCUT2D eigenvalue weighted by molar-refractivity contribution is 5.85. The molecular weight excluding hydrogens is 292 g/mol. The van der Waals surface area contributed by atoms with Crippen molar-refractivity contribution in [2.45, 2.75) is 26.4 Å². The zero-order valence-corrected chi connectivity index (χ0v) is 14.1. The van der Waals surface area contributed by atoms with Gasteiger partial charge in [0.15, 0.2) is 0 Å². The van der Waals surface area contributed by atoms with Crippen LogP contribution in [0, 0.1) is 5.92 Å². The number of amides is 1. The molecule has 0 spiro atoms. The van der Waals surface area contributed by atoms with Crippen molar-refractivity contribution < 1.29 is 14.3 Å². The van der Waals surface area contributed by atoms with Crippen LogP contribution in [0.15, 0.2) is 18.2 Å². The van der Waals surface area contributed by atoms with Crippen molar-refractivity contribution in [3.05, 3.63) is 23.8 Å². The first-order valence-electron chi connectivity index (χ1n) is 6.62. The Labute approximate surface area is 132 Å². The highest BCUT2D eigenvalue weighted by atomic mass is 35.5. The van der Waals surface area contributed by atoms with E-state index >= 15 is 0 Å². The lowest BCUT2D eigenvalue weighted by Crippen LogP contribution is -2.39. The van der Waals surface area contributed by atoms with E-state index in [1.54, 1.807) is 26.2 Å². The van der Waals surface area contributed by atoms with Gasteiger partial charge in [0.05, 0.1) is 20.1 Å². The predicted molar refractivity (Wildman–Crippen MR) is 86.1 cm³/mol. The van der Waals surface area contributed by atoms with E-state index in [0.717, 1.165) is 11.3 Å². The van der Waals surface area contributed by atoms with E-state index in [0.29, 0.717) is 12.3 Å². The molecule has 5 nitrogen and oxygen atoms in total. The molecule has 0 saturated carbocycles. The Morgan fingerprint density at radius 2 is 1.90 bits per heavy atom. The number of rotatable bonds is 6. The van der Waals surface area contributed by atoms with Crippen LogP contribution < -0.4 is 15.2 Å². The molecule has 2 atom stereocenters. The van der Waals surface area contributed by atoms with Gasteiger partial charge in [-0.05, 0) is 19.1 Å². The number of nitrogens with zero attached hydrogens (tertiary/aromatic N) is 1. The topological polar surface area (TPSA) is 64.8 Å². The fourth-order valence-corrected chi connectivity index (χ4v) is 1.89. The van der Waals surface area contributed by atoms with E-state index in [9.17, 15) is 4.79 Å². The van der Waals surface area contributed by atoms with Gasteiger partial charge in [0.25, 0.3) is 0 Å². The second kappa shape index (κ2) is 8.74. The molecule has 0 fully saturated rings. The summed E-state index contributed by atoms with van der Waals surface area (Å²) in [6.07, 6.45) is 0. The first-order chi connectivity index (χ1) is 9.40. The van der Waals surface area contributed by atoms with Crippen molar-refractivity contribution in [1.29, 1.82) is 0 Å². The summed E-state index contributed by atoms with van der Waals surface area (Å²) in [4.78, 5) is 13.9. The van der Waals surface area contributed by atoms with Gasteiger partial charge in [-0.2, -0.15) is 0 Å². The first-order valence-corrected chi connectivity index (χ1v) is 6.62. The minimum atomic E-state index is -0.204. The number of benzene rings is 1. The van der Waals surface area contributed by atoms with E-state index in [1.165, 1.54) is 0 Å². The number of methoxy groups -OCH3 is 2. The summed E-state index contributed by atoms with van der Waals surface area (Å²) < 4.78 is 10.5. The van der Waals surface area contributed by atoms with E-state index in [2.05, 4.69) is 0 Å². The molecule has 21 heavy (non-hydrogen) atoms. The molecule has 0 radical (unpaired) electrons. The second-order valence-electron chi connectivity index (χ2n) is 5.02. The van der Waals surface area contributed by atoms with Gasteiger partial charge in [0, 0.05) is 31.3 Å². The van der Waals surface area contributed by atoms with Crippen molar-refractivity contribution in [1.82, 2.24) is 4.90 Å². The van der Waals surface area contributed by atoms with Gasteiger partial charge in [-0.15, -0.1) is 12.4 Å². The summed E-state index contributed by atoms with van der Waals surface area (Å²) >= 11 is 0. The van der Waals surface area contributed by atoms with Gasteiger partial charge in [0.1, 0.15) is 11.5 Å². The van der Waals surface area contributed by atoms with E-state index in [1.807, 2.05) is 32.0 Å². The number of carbonyl (C=O) groups excluding carboxylic acids is 1. The van der Waals surface area contributed by atoms with Crippen LogP contribution in [0.3, 0.4) is 0 Å². The molecule has 0 bridgehead atoms. The van der Waals surface area contributed by atoms with E-state index in [-0.39, 0.29) is 30.3 Å². The third-order valence-electron chi connectivity index (χ3n) is 3.46. The third-order valence-corrected chi connectivity index (χ3v) is 3.46. The SMILES string of the molecule is COc1ccc(CN(C)C(=O)C(C)C(C)N)c(OC)c1.Cl. The molecule has 1 aromatic rings. The highest BCUT2D eigenvalue weighted by Gasteiger charge is 2.21. The molecule has 1 rings (SSSR count). The number of halogens is 1. The number of hydrogen-bond donors (Lipinski definition) is 1. The summed E-state index contributed by atoms with van der Waals surface area (Å²) in [5.41, 5.74) is 6.70. The molecule has 1 amide bonds. The molecule has 120 valence electrons. The van der Waals surface area contributed by atoms with E-state index in [4.69, 9.17) is 15.2 Å². The molecule has 6 heteroatoms. The maximum atomic E-state index is 12.2. The van der Waals surface area contributed by atoms with Crippen molar-refractivity contribution >= 4 is 18.3 Å². The third kappa shape index (κ3) is 5.10. The minimum Gasteiger partial charge on any atom is -0.497 e.